The van der Waals surface area contributed by atoms with Crippen molar-refractivity contribution >= 4 is 24.0 Å². The van der Waals surface area contributed by atoms with E-state index in [4.69, 9.17) is 5.73 Å². The van der Waals surface area contributed by atoms with E-state index in [9.17, 15) is 9.18 Å². The van der Waals surface area contributed by atoms with Crippen LogP contribution in [-0.2, 0) is 16.6 Å². The fraction of sp³-hybridized carbons (Fsp3) is 0.381. The van der Waals surface area contributed by atoms with Gasteiger partial charge in [-0.15, -0.1) is 12.4 Å². The van der Waals surface area contributed by atoms with Crippen molar-refractivity contribution in [1.29, 1.82) is 0 Å². The van der Waals surface area contributed by atoms with E-state index < -0.39 is 5.41 Å². The van der Waals surface area contributed by atoms with E-state index in [1.54, 1.807) is 6.07 Å². The highest BCUT2D eigenvalue weighted by atomic mass is 35.5. The molecule has 3 N–H and O–H groups in total. The maximum absolute atomic E-state index is 13.7. The molecule has 26 heavy (non-hydrogen) atoms. The number of nitrogens with two attached hydrogens (primary N) is 1. The van der Waals surface area contributed by atoms with Crippen molar-refractivity contribution in [1.82, 2.24) is 5.32 Å². The number of aryl methyl sites for hydroxylation is 1. The first kappa shape index (κ1) is 18.7. The predicted molar refractivity (Wildman–Crippen MR) is 104 cm³/mol. The Morgan fingerprint density at radius 2 is 1.96 bits per heavy atom. The van der Waals surface area contributed by atoms with E-state index in [1.807, 2.05) is 24.3 Å². The van der Waals surface area contributed by atoms with Crippen LogP contribution in [0.2, 0.25) is 0 Å². The van der Waals surface area contributed by atoms with Crippen molar-refractivity contribution in [2.75, 3.05) is 5.73 Å². The lowest BCUT2D eigenvalue weighted by Gasteiger charge is -2.42. The number of rotatable bonds is 3. The minimum atomic E-state index is -0.576. The Labute approximate surface area is 159 Å². The zero-order valence-electron chi connectivity index (χ0n) is 14.6. The van der Waals surface area contributed by atoms with Crippen LogP contribution < -0.4 is 11.1 Å². The minimum Gasteiger partial charge on any atom is -0.399 e. The van der Waals surface area contributed by atoms with E-state index >= 15 is 0 Å². The van der Waals surface area contributed by atoms with Crippen LogP contribution in [0.15, 0.2) is 42.5 Å². The monoisotopic (exact) mass is 374 g/mol. The number of hydrogen-bond acceptors (Lipinski definition) is 2. The quantitative estimate of drug-likeness (QED) is 0.780. The summed E-state index contributed by atoms with van der Waals surface area (Å²) in [6.07, 6.45) is 5.53. The molecular weight excluding hydrogens is 351 g/mol. The predicted octanol–water partition coefficient (Wildman–Crippen LogP) is 4.45. The summed E-state index contributed by atoms with van der Waals surface area (Å²) in [6, 6.07) is 12.5. The molecule has 0 spiro atoms. The summed E-state index contributed by atoms with van der Waals surface area (Å²) in [4.78, 5) is 13.1. The van der Waals surface area contributed by atoms with Gasteiger partial charge in [0, 0.05) is 5.69 Å². The first-order valence-corrected chi connectivity index (χ1v) is 9.04. The normalized spacial score (nSPS) is 20.3. The largest absolute Gasteiger partial charge is 0.399 e. The highest BCUT2D eigenvalue weighted by molar-refractivity contribution is 5.89. The standard InChI is InChI=1S/C21H23FN2O.ClH/c22-16-6-2-5-15(13-16)21(10-3-11-21)20(25)24-19-7-1-4-14-12-17(23)8-9-18(14)19;/h2,5-6,8-9,12-13,19H,1,3-4,7,10-11,23H2,(H,24,25);1H. The van der Waals surface area contributed by atoms with Gasteiger partial charge in [0.2, 0.25) is 5.91 Å². The molecule has 0 heterocycles. The first-order chi connectivity index (χ1) is 12.1. The van der Waals surface area contributed by atoms with Gasteiger partial charge in [-0.1, -0.05) is 24.6 Å². The highest BCUT2D eigenvalue weighted by Crippen LogP contribution is 2.45. The van der Waals surface area contributed by atoms with Crippen LogP contribution in [0.3, 0.4) is 0 Å². The zero-order chi connectivity index (χ0) is 17.4. The number of fused-ring (bicyclic) bond motifs is 1. The maximum atomic E-state index is 13.7. The summed E-state index contributed by atoms with van der Waals surface area (Å²) in [5, 5.41) is 3.25. The topological polar surface area (TPSA) is 55.1 Å². The van der Waals surface area contributed by atoms with Gasteiger partial charge in [-0.2, -0.15) is 0 Å². The third-order valence-corrected chi connectivity index (χ3v) is 5.81. The fourth-order valence-corrected chi connectivity index (χ4v) is 4.24. The number of halogens is 2. The molecule has 0 saturated heterocycles. The van der Waals surface area contributed by atoms with Crippen molar-refractivity contribution in [3.63, 3.8) is 0 Å². The Morgan fingerprint density at radius 1 is 1.15 bits per heavy atom. The van der Waals surface area contributed by atoms with E-state index in [1.165, 1.54) is 23.3 Å². The molecule has 0 radical (unpaired) electrons. The van der Waals surface area contributed by atoms with Crippen molar-refractivity contribution in [3.8, 4) is 0 Å². The fourth-order valence-electron chi connectivity index (χ4n) is 4.24. The Kier molecular flexibility index (Phi) is 5.24. The van der Waals surface area contributed by atoms with E-state index in [-0.39, 0.29) is 30.2 Å². The Balaban J connectivity index is 0.00000196. The zero-order valence-corrected chi connectivity index (χ0v) is 15.4. The SMILES string of the molecule is Cl.Nc1ccc2c(c1)CCCC2NC(=O)C1(c2cccc(F)c2)CCC1. The highest BCUT2D eigenvalue weighted by Gasteiger charge is 2.46. The molecule has 138 valence electrons. The number of hydrogen-bond donors (Lipinski definition) is 2. The number of nitrogens with one attached hydrogen (secondary N) is 1. The second-order valence-electron chi connectivity index (χ2n) is 7.32. The second-order valence-corrected chi connectivity index (χ2v) is 7.32. The number of amides is 1. The Bertz CT molecular complexity index is 819. The molecular formula is C21H24ClFN2O. The van der Waals surface area contributed by atoms with Crippen LogP contribution in [0, 0.1) is 5.82 Å². The lowest BCUT2D eigenvalue weighted by molar-refractivity contribution is -0.130. The van der Waals surface area contributed by atoms with Crippen molar-refractivity contribution < 1.29 is 9.18 Å². The summed E-state index contributed by atoms with van der Waals surface area (Å²) in [5.74, 6) is -0.255. The van der Waals surface area contributed by atoms with Gasteiger partial charge in [-0.05, 0) is 73.1 Å². The van der Waals surface area contributed by atoms with Crippen molar-refractivity contribution in [2.24, 2.45) is 0 Å². The Morgan fingerprint density at radius 3 is 2.65 bits per heavy atom. The van der Waals surface area contributed by atoms with Gasteiger partial charge in [0.05, 0.1) is 11.5 Å². The average molecular weight is 375 g/mol. The maximum Gasteiger partial charge on any atom is 0.231 e. The van der Waals surface area contributed by atoms with Crippen LogP contribution >= 0.6 is 12.4 Å². The van der Waals surface area contributed by atoms with E-state index in [2.05, 4.69) is 5.32 Å². The average Bonchev–Trinajstić information content (AvgIpc) is 2.54. The van der Waals surface area contributed by atoms with Crippen LogP contribution in [0.4, 0.5) is 10.1 Å². The van der Waals surface area contributed by atoms with Gasteiger partial charge >= 0.3 is 0 Å². The Hall–Kier alpha value is -2.07. The number of nitrogen functional groups attached to an aromatic ring is 1. The molecule has 1 atom stereocenters. The molecule has 5 heteroatoms. The molecule has 0 bridgehead atoms. The minimum absolute atomic E-state index is 0. The molecule has 1 unspecified atom stereocenters. The van der Waals surface area contributed by atoms with Gasteiger partial charge in [-0.3, -0.25) is 4.79 Å². The lowest BCUT2D eigenvalue weighted by Crippen LogP contribution is -2.50. The summed E-state index contributed by atoms with van der Waals surface area (Å²) in [6.45, 7) is 0. The summed E-state index contributed by atoms with van der Waals surface area (Å²) < 4.78 is 13.7. The third-order valence-electron chi connectivity index (χ3n) is 5.81. The molecule has 4 rings (SSSR count). The van der Waals surface area contributed by atoms with Crippen LogP contribution in [0.5, 0.6) is 0 Å². The van der Waals surface area contributed by atoms with Crippen molar-refractivity contribution in [2.45, 2.75) is 50.0 Å². The van der Waals surface area contributed by atoms with Gasteiger partial charge < -0.3 is 11.1 Å². The molecule has 1 fully saturated rings. The van der Waals surface area contributed by atoms with Crippen LogP contribution in [0.1, 0.15) is 54.8 Å². The molecule has 2 aromatic rings. The van der Waals surface area contributed by atoms with Gasteiger partial charge in [0.1, 0.15) is 5.82 Å². The molecule has 2 aliphatic carbocycles. The third kappa shape index (κ3) is 3.18. The summed E-state index contributed by atoms with van der Waals surface area (Å²) in [7, 11) is 0. The second kappa shape index (κ2) is 7.28. The molecule has 3 nitrogen and oxygen atoms in total. The molecule has 1 amide bonds. The van der Waals surface area contributed by atoms with Crippen molar-refractivity contribution in [3.05, 3.63) is 65.0 Å². The first-order valence-electron chi connectivity index (χ1n) is 9.04. The summed E-state index contributed by atoms with van der Waals surface area (Å²) in [5.41, 5.74) is 9.28. The van der Waals surface area contributed by atoms with Gasteiger partial charge in [-0.25, -0.2) is 4.39 Å². The molecule has 1 saturated carbocycles. The van der Waals surface area contributed by atoms with E-state index in [0.717, 1.165) is 49.8 Å². The lowest BCUT2D eigenvalue weighted by atomic mass is 9.63. The van der Waals surface area contributed by atoms with Gasteiger partial charge in [0.15, 0.2) is 0 Å². The molecule has 2 aliphatic rings. The number of benzene rings is 2. The number of anilines is 1. The smallest absolute Gasteiger partial charge is 0.231 e. The number of carbonyl (C=O) groups is 1. The molecule has 2 aromatic carbocycles. The number of carbonyl (C=O) groups excluding carboxylic acids is 1. The van der Waals surface area contributed by atoms with Gasteiger partial charge in [0.25, 0.3) is 0 Å². The van der Waals surface area contributed by atoms with Crippen LogP contribution in [-0.4, -0.2) is 5.91 Å². The van der Waals surface area contributed by atoms with Crippen LogP contribution in [0.25, 0.3) is 0 Å². The summed E-state index contributed by atoms with van der Waals surface area (Å²) >= 11 is 0. The van der Waals surface area contributed by atoms with E-state index in [0.29, 0.717) is 0 Å². The molecule has 0 aliphatic heterocycles. The molecule has 0 aromatic heterocycles.